The van der Waals surface area contributed by atoms with E-state index in [1.54, 1.807) is 12.1 Å². The van der Waals surface area contributed by atoms with E-state index in [1.807, 2.05) is 0 Å². The molecule has 1 aromatic carbocycles. The van der Waals surface area contributed by atoms with Gasteiger partial charge in [-0.2, -0.15) is 4.31 Å². The number of quaternary nitrogens is 1. The van der Waals surface area contributed by atoms with Crippen molar-refractivity contribution in [2.45, 2.75) is 11.3 Å². The molecule has 6 nitrogen and oxygen atoms in total. The van der Waals surface area contributed by atoms with Crippen molar-refractivity contribution in [2.75, 3.05) is 32.7 Å². The van der Waals surface area contributed by atoms with E-state index in [-0.39, 0.29) is 11.3 Å². The minimum atomic E-state index is -3.53. The maximum Gasteiger partial charge on any atom is 0.243 e. The second-order valence-corrected chi connectivity index (χ2v) is 7.36. The second kappa shape index (κ2) is 6.74. The van der Waals surface area contributed by atoms with Gasteiger partial charge in [0, 0.05) is 17.4 Å². The van der Waals surface area contributed by atoms with Crippen LogP contribution in [0.3, 0.4) is 0 Å². The van der Waals surface area contributed by atoms with Crippen LogP contribution >= 0.6 is 11.6 Å². The van der Waals surface area contributed by atoms with Gasteiger partial charge in [-0.15, -0.1) is 0 Å². The summed E-state index contributed by atoms with van der Waals surface area (Å²) in [7, 11) is -3.53. The van der Waals surface area contributed by atoms with Gasteiger partial charge >= 0.3 is 0 Å². The maximum atomic E-state index is 12.5. The maximum absolute atomic E-state index is 12.5. The Kier molecular flexibility index (Phi) is 5.21. The third kappa shape index (κ3) is 4.16. The SMILES string of the molecule is O=C([O-])CC[NH+]1CCN(S(=O)(=O)c2cccc(Cl)c2)CC1. The smallest absolute Gasteiger partial charge is 0.243 e. The molecule has 0 spiro atoms. The Morgan fingerprint density at radius 1 is 1.33 bits per heavy atom. The number of piperazine rings is 1. The number of benzene rings is 1. The molecular formula is C13H17ClN2O4S. The van der Waals surface area contributed by atoms with Crippen molar-refractivity contribution < 1.29 is 23.2 Å². The van der Waals surface area contributed by atoms with Gasteiger partial charge in [-0.05, 0) is 18.2 Å². The largest absolute Gasteiger partial charge is 0.550 e. The number of hydrogen-bond donors (Lipinski definition) is 1. The van der Waals surface area contributed by atoms with Gasteiger partial charge in [0.15, 0.2) is 0 Å². The zero-order valence-corrected chi connectivity index (χ0v) is 13.0. The minimum Gasteiger partial charge on any atom is -0.550 e. The van der Waals surface area contributed by atoms with Crippen molar-refractivity contribution >= 4 is 27.6 Å². The number of carbonyl (C=O) groups excluding carboxylic acids is 1. The number of carboxylic acid groups (broad SMARTS) is 1. The number of carboxylic acids is 1. The van der Waals surface area contributed by atoms with Crippen LogP contribution in [0.4, 0.5) is 0 Å². The Hall–Kier alpha value is -1.15. The molecule has 8 heteroatoms. The van der Waals surface area contributed by atoms with Gasteiger partial charge in [0.25, 0.3) is 0 Å². The summed E-state index contributed by atoms with van der Waals surface area (Å²) < 4.78 is 26.4. The van der Waals surface area contributed by atoms with Crippen LogP contribution in [0.15, 0.2) is 29.2 Å². The first-order chi connectivity index (χ1) is 9.89. The van der Waals surface area contributed by atoms with Crippen molar-refractivity contribution in [3.63, 3.8) is 0 Å². The van der Waals surface area contributed by atoms with Crippen LogP contribution in [0.25, 0.3) is 0 Å². The molecule has 0 aromatic heterocycles. The molecule has 1 aliphatic rings. The first-order valence-electron chi connectivity index (χ1n) is 6.69. The highest BCUT2D eigenvalue weighted by atomic mass is 35.5. The summed E-state index contributed by atoms with van der Waals surface area (Å²) in [6.45, 7) is 2.39. The van der Waals surface area contributed by atoms with Gasteiger partial charge in [-0.25, -0.2) is 8.42 Å². The van der Waals surface area contributed by atoms with E-state index >= 15 is 0 Å². The molecule has 1 aromatic rings. The van der Waals surface area contributed by atoms with Crippen LogP contribution < -0.4 is 10.0 Å². The van der Waals surface area contributed by atoms with Crippen molar-refractivity contribution in [3.8, 4) is 0 Å². The molecule has 0 bridgehead atoms. The van der Waals surface area contributed by atoms with Gasteiger partial charge < -0.3 is 14.8 Å². The molecule has 1 saturated heterocycles. The molecule has 0 radical (unpaired) electrons. The van der Waals surface area contributed by atoms with Crippen LogP contribution in [-0.4, -0.2) is 51.4 Å². The van der Waals surface area contributed by atoms with Crippen LogP contribution in [0.5, 0.6) is 0 Å². The number of aliphatic carboxylic acids is 1. The number of carbonyl (C=O) groups is 1. The van der Waals surface area contributed by atoms with Crippen molar-refractivity contribution in [2.24, 2.45) is 0 Å². The monoisotopic (exact) mass is 332 g/mol. The highest BCUT2D eigenvalue weighted by Crippen LogP contribution is 2.19. The van der Waals surface area contributed by atoms with Gasteiger partial charge in [-0.3, -0.25) is 0 Å². The third-order valence-corrected chi connectivity index (χ3v) is 5.68. The highest BCUT2D eigenvalue weighted by molar-refractivity contribution is 7.89. The lowest BCUT2D eigenvalue weighted by Crippen LogP contribution is -3.15. The standard InChI is InChI=1S/C13H17ClN2O4S/c14-11-2-1-3-12(10-11)21(19,20)16-8-6-15(7-9-16)5-4-13(17)18/h1-3,10H,4-9H2,(H,17,18). The van der Waals surface area contributed by atoms with Crippen LogP contribution in [0.2, 0.25) is 5.02 Å². The molecular weight excluding hydrogens is 316 g/mol. The van der Waals surface area contributed by atoms with Gasteiger partial charge in [0.05, 0.1) is 37.6 Å². The summed E-state index contributed by atoms with van der Waals surface area (Å²) in [5.41, 5.74) is 0. The Labute approximate surface area is 129 Å². The molecule has 0 aliphatic carbocycles. The summed E-state index contributed by atoms with van der Waals surface area (Å²) in [6.07, 6.45) is -0.00359. The van der Waals surface area contributed by atoms with Gasteiger partial charge in [-0.1, -0.05) is 17.7 Å². The Morgan fingerprint density at radius 3 is 2.57 bits per heavy atom. The number of hydrogen-bond acceptors (Lipinski definition) is 4. The molecule has 0 unspecified atom stereocenters. The molecule has 0 saturated carbocycles. The van der Waals surface area contributed by atoms with Crippen LogP contribution in [0, 0.1) is 0 Å². The Morgan fingerprint density at radius 2 is 2.00 bits per heavy atom. The first-order valence-corrected chi connectivity index (χ1v) is 8.50. The lowest BCUT2D eigenvalue weighted by atomic mass is 10.3. The van der Waals surface area contributed by atoms with E-state index in [4.69, 9.17) is 11.6 Å². The van der Waals surface area contributed by atoms with Crippen molar-refractivity contribution in [1.29, 1.82) is 0 Å². The van der Waals surface area contributed by atoms with E-state index in [1.165, 1.54) is 16.4 Å². The van der Waals surface area contributed by atoms with Crippen molar-refractivity contribution in [1.82, 2.24) is 4.31 Å². The van der Waals surface area contributed by atoms with E-state index in [0.717, 1.165) is 4.90 Å². The second-order valence-electron chi connectivity index (χ2n) is 4.98. The summed E-state index contributed by atoms with van der Waals surface area (Å²) in [5.74, 6) is -1.07. The fourth-order valence-electron chi connectivity index (χ4n) is 2.35. The molecule has 21 heavy (non-hydrogen) atoms. The normalized spacial score (nSPS) is 17.8. The Balaban J connectivity index is 1.99. The summed E-state index contributed by atoms with van der Waals surface area (Å²) >= 11 is 5.84. The van der Waals surface area contributed by atoms with Gasteiger partial charge in [0.1, 0.15) is 0 Å². The van der Waals surface area contributed by atoms with E-state index in [9.17, 15) is 18.3 Å². The van der Waals surface area contributed by atoms with Gasteiger partial charge in [0.2, 0.25) is 10.0 Å². The number of halogens is 1. The van der Waals surface area contributed by atoms with Crippen LogP contribution in [-0.2, 0) is 14.8 Å². The molecule has 1 aliphatic heterocycles. The van der Waals surface area contributed by atoms with Crippen LogP contribution in [0.1, 0.15) is 6.42 Å². The summed E-state index contributed by atoms with van der Waals surface area (Å²) in [5, 5.41) is 10.8. The Bertz CT molecular complexity index is 612. The molecule has 0 atom stereocenters. The van der Waals surface area contributed by atoms with Crippen molar-refractivity contribution in [3.05, 3.63) is 29.3 Å². The number of rotatable bonds is 5. The summed E-state index contributed by atoms with van der Waals surface area (Å²) in [6, 6.07) is 6.20. The molecule has 0 amide bonds. The molecule has 1 fully saturated rings. The average Bonchev–Trinajstić information content (AvgIpc) is 2.45. The predicted molar refractivity (Wildman–Crippen MR) is 75.4 cm³/mol. The van der Waals surface area contributed by atoms with E-state index < -0.39 is 16.0 Å². The zero-order valence-electron chi connectivity index (χ0n) is 11.4. The highest BCUT2D eigenvalue weighted by Gasteiger charge is 2.30. The fourth-order valence-corrected chi connectivity index (χ4v) is 4.09. The fraction of sp³-hybridized carbons (Fsp3) is 0.462. The van der Waals surface area contributed by atoms with E-state index in [2.05, 4.69) is 0 Å². The zero-order chi connectivity index (χ0) is 15.5. The predicted octanol–water partition coefficient (Wildman–Crippen LogP) is -1.63. The first kappa shape index (κ1) is 16.2. The lowest BCUT2D eigenvalue weighted by Gasteiger charge is -2.31. The summed E-state index contributed by atoms with van der Waals surface area (Å²) in [4.78, 5) is 11.7. The number of nitrogens with one attached hydrogen (secondary N) is 1. The average molecular weight is 333 g/mol. The molecule has 1 N–H and O–H groups in total. The number of sulfonamides is 1. The van der Waals surface area contributed by atoms with E-state index in [0.29, 0.717) is 37.7 Å². The minimum absolute atomic E-state index is 0.00359. The quantitative estimate of drug-likeness (QED) is 0.702. The number of nitrogens with zero attached hydrogens (tertiary/aromatic N) is 1. The topological polar surface area (TPSA) is 81.9 Å². The third-order valence-electron chi connectivity index (χ3n) is 3.55. The lowest BCUT2D eigenvalue weighted by molar-refractivity contribution is -0.903. The molecule has 1 heterocycles. The molecule has 116 valence electrons. The molecule has 2 rings (SSSR count).